The lowest BCUT2D eigenvalue weighted by Crippen LogP contribution is -2.51. The predicted molar refractivity (Wildman–Crippen MR) is 137 cm³/mol. The summed E-state index contributed by atoms with van der Waals surface area (Å²) < 4.78 is 51.0. The van der Waals surface area contributed by atoms with Crippen molar-refractivity contribution in [1.82, 2.24) is 5.32 Å². The summed E-state index contributed by atoms with van der Waals surface area (Å²) in [6.45, 7) is 4.49. The monoisotopic (exact) mass is 524 g/mol. The van der Waals surface area contributed by atoms with Crippen LogP contribution in [0.4, 0.5) is 5.69 Å². The zero-order valence-electron chi connectivity index (χ0n) is 20.8. The van der Waals surface area contributed by atoms with E-state index in [9.17, 15) is 13.2 Å². The van der Waals surface area contributed by atoms with Gasteiger partial charge in [-0.05, 0) is 73.5 Å². The number of nitrogens with one attached hydrogen (secondary N) is 1. The Labute approximate surface area is 216 Å². The number of carbonyl (C=O) groups is 1. The molecule has 0 spiro atoms. The summed E-state index contributed by atoms with van der Waals surface area (Å²) in [5, 5.41) is 2.94. The number of sulfonamides is 1. The van der Waals surface area contributed by atoms with Gasteiger partial charge in [0.05, 0.1) is 30.3 Å². The van der Waals surface area contributed by atoms with Crippen LogP contribution >= 0.6 is 0 Å². The van der Waals surface area contributed by atoms with Crippen LogP contribution in [0.2, 0.25) is 0 Å². The molecule has 194 valence electrons. The average Bonchev–Trinajstić information content (AvgIpc) is 2.92. The molecule has 37 heavy (non-hydrogen) atoms. The van der Waals surface area contributed by atoms with E-state index in [2.05, 4.69) is 5.32 Å². The number of hydrogen-bond donors (Lipinski definition) is 1. The maximum absolute atomic E-state index is 13.7. The SMILES string of the molecule is COc1ccc(S(=O)(=O)N2CC(C(=O)NC(C)c3ccc4c(c3)OCCO4)Oc3ccc(C)cc32)cc1. The molecule has 0 saturated heterocycles. The van der Waals surface area contributed by atoms with Gasteiger partial charge in [0.2, 0.25) is 0 Å². The van der Waals surface area contributed by atoms with Crippen molar-refractivity contribution in [2.24, 2.45) is 0 Å². The van der Waals surface area contributed by atoms with Crippen LogP contribution in [0.5, 0.6) is 23.0 Å². The molecule has 2 aliphatic heterocycles. The van der Waals surface area contributed by atoms with Crippen molar-refractivity contribution in [3.8, 4) is 23.0 Å². The molecule has 0 fully saturated rings. The van der Waals surface area contributed by atoms with Gasteiger partial charge in [-0.15, -0.1) is 0 Å². The number of fused-ring (bicyclic) bond motifs is 2. The van der Waals surface area contributed by atoms with E-state index in [1.54, 1.807) is 24.3 Å². The largest absolute Gasteiger partial charge is 0.497 e. The number of nitrogens with zero attached hydrogens (tertiary/aromatic N) is 1. The van der Waals surface area contributed by atoms with Crippen molar-refractivity contribution in [1.29, 1.82) is 0 Å². The molecular formula is C27H28N2O7S. The number of carbonyl (C=O) groups excluding carboxylic acids is 1. The molecule has 0 aromatic heterocycles. The van der Waals surface area contributed by atoms with Gasteiger partial charge in [-0.2, -0.15) is 0 Å². The lowest BCUT2D eigenvalue weighted by atomic mass is 10.1. The van der Waals surface area contributed by atoms with Gasteiger partial charge in [-0.25, -0.2) is 8.42 Å². The Morgan fingerprint density at radius 3 is 2.43 bits per heavy atom. The number of ether oxygens (including phenoxy) is 4. The van der Waals surface area contributed by atoms with E-state index in [1.165, 1.54) is 23.5 Å². The average molecular weight is 525 g/mol. The molecule has 1 N–H and O–H groups in total. The fraction of sp³-hybridized carbons (Fsp3) is 0.296. The van der Waals surface area contributed by atoms with Crippen molar-refractivity contribution >= 4 is 21.6 Å². The van der Waals surface area contributed by atoms with Gasteiger partial charge >= 0.3 is 0 Å². The number of aryl methyl sites for hydroxylation is 1. The lowest BCUT2D eigenvalue weighted by molar-refractivity contribution is -0.128. The van der Waals surface area contributed by atoms with Gasteiger partial charge in [0.25, 0.3) is 15.9 Å². The minimum Gasteiger partial charge on any atom is -0.497 e. The second-order valence-electron chi connectivity index (χ2n) is 8.92. The maximum atomic E-state index is 13.7. The van der Waals surface area contributed by atoms with Crippen LogP contribution in [-0.4, -0.2) is 47.3 Å². The Morgan fingerprint density at radius 1 is 1.00 bits per heavy atom. The van der Waals surface area contributed by atoms with E-state index < -0.39 is 22.0 Å². The summed E-state index contributed by atoms with van der Waals surface area (Å²) >= 11 is 0. The molecule has 1 amide bonds. The summed E-state index contributed by atoms with van der Waals surface area (Å²) in [6, 6.07) is 16.5. The Balaban J connectivity index is 1.40. The van der Waals surface area contributed by atoms with E-state index >= 15 is 0 Å². The number of hydrogen-bond acceptors (Lipinski definition) is 7. The third kappa shape index (κ3) is 4.89. The number of benzene rings is 3. The highest BCUT2D eigenvalue weighted by Crippen LogP contribution is 2.38. The molecule has 9 nitrogen and oxygen atoms in total. The molecule has 2 unspecified atom stereocenters. The van der Waals surface area contributed by atoms with Gasteiger partial charge in [0, 0.05) is 0 Å². The molecule has 0 bridgehead atoms. The molecule has 0 radical (unpaired) electrons. The quantitative estimate of drug-likeness (QED) is 0.526. The first-order valence-corrected chi connectivity index (χ1v) is 13.3. The van der Waals surface area contributed by atoms with E-state index in [4.69, 9.17) is 18.9 Å². The van der Waals surface area contributed by atoms with Gasteiger partial charge in [0.1, 0.15) is 24.7 Å². The van der Waals surface area contributed by atoms with E-state index in [0.29, 0.717) is 41.9 Å². The fourth-order valence-electron chi connectivity index (χ4n) is 4.32. The standard InChI is InChI=1S/C27H28N2O7S/c1-17-4-10-23-22(14-17)29(37(31,32)21-8-6-20(33-3)7-9-21)16-26(36-23)27(30)28-18(2)19-5-11-24-25(15-19)35-13-12-34-24/h4-11,14-15,18,26H,12-13,16H2,1-3H3,(H,28,30). The second-order valence-corrected chi connectivity index (χ2v) is 10.8. The number of methoxy groups -OCH3 is 1. The van der Waals surface area contributed by atoms with Crippen LogP contribution in [-0.2, 0) is 14.8 Å². The maximum Gasteiger partial charge on any atom is 0.264 e. The molecule has 3 aromatic carbocycles. The van der Waals surface area contributed by atoms with Crippen molar-refractivity contribution in [3.63, 3.8) is 0 Å². The summed E-state index contributed by atoms with van der Waals surface area (Å²) in [5.74, 6) is 1.72. The van der Waals surface area contributed by atoms with E-state index in [1.807, 2.05) is 38.1 Å². The smallest absolute Gasteiger partial charge is 0.264 e. The van der Waals surface area contributed by atoms with Gasteiger partial charge in [-0.1, -0.05) is 12.1 Å². The molecule has 2 heterocycles. The summed E-state index contributed by atoms with van der Waals surface area (Å²) in [6.07, 6.45) is -1.05. The molecule has 2 aliphatic rings. The Bertz CT molecular complexity index is 1420. The molecule has 5 rings (SSSR count). The number of rotatable bonds is 6. The fourth-order valence-corrected chi connectivity index (χ4v) is 5.79. The van der Waals surface area contributed by atoms with Crippen LogP contribution in [0, 0.1) is 6.92 Å². The summed E-state index contributed by atoms with van der Waals surface area (Å²) in [7, 11) is -2.47. The predicted octanol–water partition coefficient (Wildman–Crippen LogP) is 3.61. The van der Waals surface area contributed by atoms with Crippen molar-refractivity contribution in [2.75, 3.05) is 31.2 Å². The highest BCUT2D eigenvalue weighted by Gasteiger charge is 2.38. The molecule has 0 saturated carbocycles. The minimum absolute atomic E-state index is 0.0893. The first kappa shape index (κ1) is 24.8. The zero-order chi connectivity index (χ0) is 26.2. The third-order valence-corrected chi connectivity index (χ3v) is 8.14. The normalized spacial score (nSPS) is 17.3. The van der Waals surface area contributed by atoms with Crippen molar-refractivity contribution in [2.45, 2.75) is 30.9 Å². The highest BCUT2D eigenvalue weighted by atomic mass is 32.2. The lowest BCUT2D eigenvalue weighted by Gasteiger charge is -2.35. The van der Waals surface area contributed by atoms with Crippen LogP contribution in [0.3, 0.4) is 0 Å². The third-order valence-electron chi connectivity index (χ3n) is 6.35. The van der Waals surface area contributed by atoms with Crippen molar-refractivity contribution in [3.05, 3.63) is 71.8 Å². The highest BCUT2D eigenvalue weighted by molar-refractivity contribution is 7.92. The van der Waals surface area contributed by atoms with E-state index in [0.717, 1.165) is 11.1 Å². The van der Waals surface area contributed by atoms with Gasteiger partial charge in [0.15, 0.2) is 17.6 Å². The first-order valence-electron chi connectivity index (χ1n) is 11.9. The topological polar surface area (TPSA) is 103 Å². The zero-order valence-corrected chi connectivity index (χ0v) is 21.6. The van der Waals surface area contributed by atoms with Crippen LogP contribution in [0.25, 0.3) is 0 Å². The van der Waals surface area contributed by atoms with Crippen molar-refractivity contribution < 1.29 is 32.2 Å². The summed E-state index contributed by atoms with van der Waals surface area (Å²) in [5.41, 5.74) is 2.08. The molecule has 0 aliphatic carbocycles. The molecule has 10 heteroatoms. The first-order chi connectivity index (χ1) is 17.8. The van der Waals surface area contributed by atoms with Crippen LogP contribution in [0.15, 0.2) is 65.6 Å². The van der Waals surface area contributed by atoms with Gasteiger partial charge in [-0.3, -0.25) is 9.10 Å². The molecule has 2 atom stereocenters. The Kier molecular flexibility index (Phi) is 6.59. The van der Waals surface area contributed by atoms with E-state index in [-0.39, 0.29) is 17.5 Å². The number of amides is 1. The number of anilines is 1. The van der Waals surface area contributed by atoms with Crippen LogP contribution < -0.4 is 28.6 Å². The Morgan fingerprint density at radius 2 is 1.70 bits per heavy atom. The second kappa shape index (κ2) is 9.85. The summed E-state index contributed by atoms with van der Waals surface area (Å²) in [4.78, 5) is 13.4. The molecule has 3 aromatic rings. The molecular weight excluding hydrogens is 496 g/mol. The Hall–Kier alpha value is -3.92. The van der Waals surface area contributed by atoms with Crippen LogP contribution in [0.1, 0.15) is 24.1 Å². The minimum atomic E-state index is -3.99. The van der Waals surface area contributed by atoms with Gasteiger partial charge < -0.3 is 24.3 Å².